The molecule has 0 N–H and O–H groups in total. The summed E-state index contributed by atoms with van der Waals surface area (Å²) in [6.45, 7) is 3.27. The van der Waals surface area contributed by atoms with Crippen LogP contribution in [-0.2, 0) is 38.1 Å². The second-order valence-corrected chi connectivity index (χ2v) is 18.7. The summed E-state index contributed by atoms with van der Waals surface area (Å²) in [5, 5.41) is 0. The van der Waals surface area contributed by atoms with Gasteiger partial charge in [-0.2, -0.15) is 0 Å². The molecule has 13 aliphatic rings. The van der Waals surface area contributed by atoms with E-state index >= 15 is 0 Å². The van der Waals surface area contributed by atoms with Crippen molar-refractivity contribution in [1.82, 2.24) is 0 Å². The molecule has 1 spiro atoms. The Morgan fingerprint density at radius 1 is 0.667 bits per heavy atom. The van der Waals surface area contributed by atoms with Crippen LogP contribution in [0.2, 0.25) is 0 Å². The standard InChI is InChI=1S/C37H48O8/c1-33-7-21-4-26(13-33)37(27(5-21)14-33)44-18-34(19-45-37,17-43-32(41)36-9-22-6-25(12-36)30(39)28(22)15-36)16-42-31(40)35-8-20-2-23(10-35)29(38)24(3-20)11-35/h20-28H,2-19H2,1H3. The van der Waals surface area contributed by atoms with Gasteiger partial charge < -0.3 is 18.9 Å². The first-order valence-electron chi connectivity index (χ1n) is 18.2. The first-order valence-corrected chi connectivity index (χ1v) is 18.2. The molecular weight excluding hydrogens is 572 g/mol. The fourth-order valence-electron chi connectivity index (χ4n) is 14.1. The van der Waals surface area contributed by atoms with E-state index in [1.807, 2.05) is 0 Å². The van der Waals surface area contributed by atoms with Gasteiger partial charge in [0.1, 0.15) is 24.8 Å². The largest absolute Gasteiger partial charge is 0.464 e. The van der Waals surface area contributed by atoms with Gasteiger partial charge in [-0.1, -0.05) is 6.92 Å². The molecule has 12 bridgehead atoms. The van der Waals surface area contributed by atoms with Crippen molar-refractivity contribution in [1.29, 1.82) is 0 Å². The third-order valence-corrected chi connectivity index (χ3v) is 15.5. The Bertz CT molecular complexity index is 1340. The second kappa shape index (κ2) is 9.00. The molecule has 244 valence electrons. The minimum atomic E-state index is -0.782. The molecule has 0 aromatic heterocycles. The summed E-state index contributed by atoms with van der Waals surface area (Å²) in [6.07, 6.45) is 12.7. The average molecular weight is 621 g/mol. The van der Waals surface area contributed by atoms with Crippen LogP contribution in [0.3, 0.4) is 0 Å². The zero-order chi connectivity index (χ0) is 30.6. The minimum Gasteiger partial charge on any atom is -0.464 e. The molecule has 13 fully saturated rings. The number of Topliss-reactive ketones (excluding diaryl/α,β-unsaturated/α-hetero) is 2. The SMILES string of the molecule is CC12CC3CC(C1)C1(OCC(COC(=O)C45CC6CC(C4)C(=O)C(C6)C5)(COC(=O)C45CC6CC(C4)C(C5)C6=O)CO1)C(C3)C2. The summed E-state index contributed by atoms with van der Waals surface area (Å²) >= 11 is 0. The van der Waals surface area contributed by atoms with Gasteiger partial charge in [0.05, 0.1) is 29.5 Å². The van der Waals surface area contributed by atoms with Gasteiger partial charge in [0.2, 0.25) is 0 Å². The summed E-state index contributed by atoms with van der Waals surface area (Å²) in [7, 11) is 0. The number of hydrogen-bond donors (Lipinski definition) is 0. The molecule has 0 amide bonds. The van der Waals surface area contributed by atoms with Gasteiger partial charge in [-0.3, -0.25) is 19.2 Å². The lowest BCUT2D eigenvalue weighted by Gasteiger charge is -2.65. The quantitative estimate of drug-likeness (QED) is 0.380. The van der Waals surface area contributed by atoms with E-state index in [0.29, 0.717) is 79.6 Å². The lowest BCUT2D eigenvalue weighted by atomic mass is 9.47. The molecule has 8 heteroatoms. The van der Waals surface area contributed by atoms with E-state index < -0.39 is 22.0 Å². The van der Waals surface area contributed by atoms with Gasteiger partial charge in [-0.15, -0.1) is 0 Å². The highest BCUT2D eigenvalue weighted by molar-refractivity contribution is 5.92. The number of ketones is 2. The summed E-state index contributed by atoms with van der Waals surface area (Å²) in [4.78, 5) is 53.2. The van der Waals surface area contributed by atoms with Crippen molar-refractivity contribution in [3.8, 4) is 0 Å². The molecule has 13 rings (SSSR count). The third-order valence-electron chi connectivity index (χ3n) is 15.5. The van der Waals surface area contributed by atoms with Gasteiger partial charge in [0, 0.05) is 35.5 Å². The normalized spacial score (nSPS) is 56.1. The van der Waals surface area contributed by atoms with Crippen LogP contribution < -0.4 is 0 Å². The predicted octanol–water partition coefficient (Wildman–Crippen LogP) is 5.05. The Labute approximate surface area is 265 Å². The monoisotopic (exact) mass is 620 g/mol. The molecule has 0 aromatic carbocycles. The zero-order valence-corrected chi connectivity index (χ0v) is 26.7. The molecule has 45 heavy (non-hydrogen) atoms. The Morgan fingerprint density at radius 3 is 1.78 bits per heavy atom. The van der Waals surface area contributed by atoms with Crippen LogP contribution in [0.25, 0.3) is 0 Å². The van der Waals surface area contributed by atoms with Crippen LogP contribution in [0.4, 0.5) is 0 Å². The molecule has 8 unspecified atom stereocenters. The maximum Gasteiger partial charge on any atom is 0.312 e. The molecule has 1 heterocycles. The fourth-order valence-corrected chi connectivity index (χ4v) is 14.1. The number of rotatable bonds is 6. The molecule has 1 aliphatic heterocycles. The van der Waals surface area contributed by atoms with Crippen molar-refractivity contribution in [3.05, 3.63) is 0 Å². The van der Waals surface area contributed by atoms with Crippen LogP contribution >= 0.6 is 0 Å². The van der Waals surface area contributed by atoms with Crippen LogP contribution in [0.1, 0.15) is 96.8 Å². The van der Waals surface area contributed by atoms with Gasteiger partial charge in [0.15, 0.2) is 5.79 Å². The Balaban J connectivity index is 0.878. The first kappa shape index (κ1) is 28.2. The number of hydrogen-bond acceptors (Lipinski definition) is 8. The molecule has 12 aliphatic carbocycles. The fraction of sp³-hybridized carbons (Fsp3) is 0.892. The third kappa shape index (κ3) is 3.84. The molecule has 1 saturated heterocycles. The number of ether oxygens (including phenoxy) is 4. The number of esters is 2. The smallest absolute Gasteiger partial charge is 0.312 e. The van der Waals surface area contributed by atoms with Crippen LogP contribution in [-0.4, -0.2) is 55.7 Å². The first-order chi connectivity index (χ1) is 21.5. The topological polar surface area (TPSA) is 105 Å². The summed E-state index contributed by atoms with van der Waals surface area (Å²) in [5.74, 6) is 2.06. The highest BCUT2D eigenvalue weighted by atomic mass is 16.7. The summed E-state index contributed by atoms with van der Waals surface area (Å²) in [5.41, 5.74) is -1.52. The van der Waals surface area contributed by atoms with Crippen molar-refractivity contribution in [3.63, 3.8) is 0 Å². The molecule has 8 nitrogen and oxygen atoms in total. The highest BCUT2D eigenvalue weighted by Crippen LogP contribution is 2.66. The lowest BCUT2D eigenvalue weighted by Crippen LogP contribution is -2.67. The van der Waals surface area contributed by atoms with Crippen molar-refractivity contribution >= 4 is 23.5 Å². The predicted molar refractivity (Wildman–Crippen MR) is 158 cm³/mol. The minimum absolute atomic E-state index is 0.00165. The van der Waals surface area contributed by atoms with Gasteiger partial charge in [-0.25, -0.2) is 0 Å². The lowest BCUT2D eigenvalue weighted by molar-refractivity contribution is -0.392. The van der Waals surface area contributed by atoms with E-state index in [9.17, 15) is 19.2 Å². The molecule has 12 saturated carbocycles. The van der Waals surface area contributed by atoms with E-state index in [4.69, 9.17) is 18.9 Å². The second-order valence-electron chi connectivity index (χ2n) is 18.7. The van der Waals surface area contributed by atoms with E-state index in [2.05, 4.69) is 6.92 Å². The van der Waals surface area contributed by atoms with Crippen molar-refractivity contribution in [2.24, 2.45) is 74.9 Å². The van der Waals surface area contributed by atoms with E-state index in [1.165, 1.54) is 6.42 Å². The van der Waals surface area contributed by atoms with Crippen LogP contribution in [0, 0.1) is 74.9 Å². The van der Waals surface area contributed by atoms with Crippen molar-refractivity contribution in [2.45, 2.75) is 103 Å². The zero-order valence-electron chi connectivity index (χ0n) is 26.7. The summed E-state index contributed by atoms with van der Waals surface area (Å²) in [6, 6.07) is 0. The van der Waals surface area contributed by atoms with E-state index in [1.54, 1.807) is 0 Å². The number of carbonyl (C=O) groups excluding carboxylic acids is 4. The van der Waals surface area contributed by atoms with Gasteiger partial charge >= 0.3 is 11.9 Å². The van der Waals surface area contributed by atoms with Crippen molar-refractivity contribution in [2.75, 3.05) is 26.4 Å². The van der Waals surface area contributed by atoms with Crippen LogP contribution in [0.15, 0.2) is 0 Å². The molecule has 0 radical (unpaired) electrons. The number of carbonyl (C=O) groups is 4. The average Bonchev–Trinajstić information content (AvgIpc) is 3.40. The highest BCUT2D eigenvalue weighted by Gasteiger charge is 2.67. The van der Waals surface area contributed by atoms with Gasteiger partial charge in [0.25, 0.3) is 0 Å². The maximum absolute atomic E-state index is 13.9. The molecular formula is C37H48O8. The van der Waals surface area contributed by atoms with E-state index in [-0.39, 0.29) is 48.8 Å². The summed E-state index contributed by atoms with van der Waals surface area (Å²) < 4.78 is 26.2. The van der Waals surface area contributed by atoms with Crippen LogP contribution in [0.5, 0.6) is 0 Å². The Hall–Kier alpha value is -1.80. The molecule has 8 atom stereocenters. The van der Waals surface area contributed by atoms with E-state index in [0.717, 1.165) is 63.7 Å². The van der Waals surface area contributed by atoms with Crippen molar-refractivity contribution < 1.29 is 38.1 Å². The maximum atomic E-state index is 13.9. The molecule has 0 aromatic rings. The Kier molecular flexibility index (Phi) is 5.65. The Morgan fingerprint density at radius 2 is 1.22 bits per heavy atom. The van der Waals surface area contributed by atoms with Gasteiger partial charge in [-0.05, 0) is 113 Å².